The highest BCUT2D eigenvalue weighted by molar-refractivity contribution is 9.10. The Morgan fingerprint density at radius 3 is 2.79 bits per heavy atom. The van der Waals surface area contributed by atoms with Gasteiger partial charge in [-0.2, -0.15) is 0 Å². The number of ether oxygens (including phenoxy) is 1. The number of aryl methyl sites for hydroxylation is 1. The van der Waals surface area contributed by atoms with Gasteiger partial charge in [0, 0.05) is 16.9 Å². The van der Waals surface area contributed by atoms with Crippen LogP contribution in [0.5, 0.6) is 5.75 Å². The summed E-state index contributed by atoms with van der Waals surface area (Å²) in [5, 5.41) is 0.660. The molecule has 2 aromatic rings. The van der Waals surface area contributed by atoms with E-state index in [0.29, 0.717) is 11.6 Å². The molecule has 0 amide bonds. The van der Waals surface area contributed by atoms with Crippen LogP contribution in [-0.2, 0) is 6.61 Å². The van der Waals surface area contributed by atoms with Crippen LogP contribution in [-0.4, -0.2) is 4.98 Å². The molecular weight excluding hydrogens is 328 g/mol. The van der Waals surface area contributed by atoms with Gasteiger partial charge in [0.15, 0.2) is 0 Å². The minimum atomic E-state index is 0.372. The van der Waals surface area contributed by atoms with Crippen LogP contribution in [0.3, 0.4) is 0 Å². The van der Waals surface area contributed by atoms with Crippen molar-refractivity contribution in [3.05, 3.63) is 50.7 Å². The maximum Gasteiger partial charge on any atom is 0.134 e. The lowest BCUT2D eigenvalue weighted by molar-refractivity contribution is 0.298. The molecule has 0 spiro atoms. The molecule has 0 atom stereocenters. The Balaban J connectivity index is 2.17. The van der Waals surface area contributed by atoms with Crippen molar-refractivity contribution in [2.75, 3.05) is 5.73 Å². The molecule has 0 saturated heterocycles. The maximum atomic E-state index is 5.98. The lowest BCUT2D eigenvalue weighted by Gasteiger charge is -2.12. The van der Waals surface area contributed by atoms with Crippen LogP contribution in [0.1, 0.15) is 16.8 Å². The van der Waals surface area contributed by atoms with E-state index in [1.807, 2.05) is 19.9 Å². The van der Waals surface area contributed by atoms with Gasteiger partial charge in [-0.15, -0.1) is 0 Å². The zero-order valence-corrected chi connectivity index (χ0v) is 13.0. The van der Waals surface area contributed by atoms with Gasteiger partial charge in [-0.3, -0.25) is 4.98 Å². The van der Waals surface area contributed by atoms with Crippen LogP contribution in [0.2, 0.25) is 5.02 Å². The highest BCUT2D eigenvalue weighted by Gasteiger charge is 2.08. The fraction of sp³-hybridized carbons (Fsp3) is 0.214. The van der Waals surface area contributed by atoms with Gasteiger partial charge >= 0.3 is 0 Å². The van der Waals surface area contributed by atoms with Crippen LogP contribution in [0.4, 0.5) is 5.69 Å². The Labute approximate surface area is 125 Å². The van der Waals surface area contributed by atoms with Crippen LogP contribution in [0, 0.1) is 13.8 Å². The van der Waals surface area contributed by atoms with Crippen molar-refractivity contribution in [1.82, 2.24) is 4.98 Å². The second kappa shape index (κ2) is 5.80. The molecule has 1 aromatic heterocycles. The standard InChI is InChI=1S/C14H14BrClN2O/c1-8-6-18-12(9(2)14(8)17)7-19-13-4-3-10(16)5-11(13)15/h3-6H,7H2,1-2H3,(H2,17,18). The number of rotatable bonds is 3. The SMILES string of the molecule is Cc1cnc(COc2ccc(Cl)cc2Br)c(C)c1N. The van der Waals surface area contributed by atoms with Crippen molar-refractivity contribution in [3.63, 3.8) is 0 Å². The number of nitrogen functional groups attached to an aromatic ring is 1. The Morgan fingerprint density at radius 1 is 1.37 bits per heavy atom. The predicted octanol–water partition coefficient (Wildman–Crippen LogP) is 4.28. The van der Waals surface area contributed by atoms with Gasteiger partial charge in [0.2, 0.25) is 0 Å². The van der Waals surface area contributed by atoms with Crippen LogP contribution >= 0.6 is 27.5 Å². The van der Waals surface area contributed by atoms with Crippen molar-refractivity contribution in [3.8, 4) is 5.75 Å². The van der Waals surface area contributed by atoms with Crippen molar-refractivity contribution < 1.29 is 4.74 Å². The third-order valence-electron chi connectivity index (χ3n) is 2.93. The fourth-order valence-corrected chi connectivity index (χ4v) is 2.47. The minimum Gasteiger partial charge on any atom is -0.486 e. The van der Waals surface area contributed by atoms with Crippen LogP contribution in [0.25, 0.3) is 0 Å². The quantitative estimate of drug-likeness (QED) is 0.906. The second-order valence-electron chi connectivity index (χ2n) is 4.29. The Kier molecular flexibility index (Phi) is 4.32. The smallest absolute Gasteiger partial charge is 0.134 e. The Bertz CT molecular complexity index is 617. The molecule has 0 aliphatic rings. The molecule has 0 aliphatic heterocycles. The van der Waals surface area contributed by atoms with E-state index in [4.69, 9.17) is 22.1 Å². The van der Waals surface area contributed by atoms with Crippen molar-refractivity contribution >= 4 is 33.2 Å². The summed E-state index contributed by atoms with van der Waals surface area (Å²) in [4.78, 5) is 4.35. The fourth-order valence-electron chi connectivity index (χ4n) is 1.68. The van der Waals surface area contributed by atoms with Gasteiger partial charge < -0.3 is 10.5 Å². The zero-order valence-electron chi connectivity index (χ0n) is 10.7. The largest absolute Gasteiger partial charge is 0.486 e. The number of hydrogen-bond acceptors (Lipinski definition) is 3. The molecule has 0 fully saturated rings. The topological polar surface area (TPSA) is 48.1 Å². The van der Waals surface area contributed by atoms with Crippen LogP contribution < -0.4 is 10.5 Å². The van der Waals surface area contributed by atoms with Gasteiger partial charge in [0.25, 0.3) is 0 Å². The maximum absolute atomic E-state index is 5.98. The number of benzene rings is 1. The van der Waals surface area contributed by atoms with Gasteiger partial charge in [-0.1, -0.05) is 11.6 Å². The summed E-state index contributed by atoms with van der Waals surface area (Å²) >= 11 is 9.29. The molecule has 3 nitrogen and oxygen atoms in total. The highest BCUT2D eigenvalue weighted by atomic mass is 79.9. The van der Waals surface area contributed by atoms with E-state index in [2.05, 4.69) is 20.9 Å². The Morgan fingerprint density at radius 2 is 2.11 bits per heavy atom. The third kappa shape index (κ3) is 3.19. The average Bonchev–Trinajstić information content (AvgIpc) is 2.37. The lowest BCUT2D eigenvalue weighted by atomic mass is 10.1. The zero-order chi connectivity index (χ0) is 14.0. The molecule has 0 radical (unpaired) electrons. The van der Waals surface area contributed by atoms with Gasteiger partial charge in [-0.05, 0) is 59.1 Å². The molecular formula is C14H14BrClN2O. The van der Waals surface area contributed by atoms with Crippen molar-refractivity contribution in [2.24, 2.45) is 0 Å². The minimum absolute atomic E-state index is 0.372. The molecule has 0 aliphatic carbocycles. The highest BCUT2D eigenvalue weighted by Crippen LogP contribution is 2.29. The normalized spacial score (nSPS) is 10.5. The van der Waals surface area contributed by atoms with Crippen molar-refractivity contribution in [2.45, 2.75) is 20.5 Å². The summed E-state index contributed by atoms with van der Waals surface area (Å²) in [6.45, 7) is 4.26. The summed E-state index contributed by atoms with van der Waals surface area (Å²) in [6.07, 6.45) is 1.76. The van der Waals surface area contributed by atoms with Gasteiger partial charge in [0.05, 0.1) is 10.2 Å². The first kappa shape index (κ1) is 14.2. The Hall–Kier alpha value is -1.26. The van der Waals surface area contributed by atoms with E-state index in [0.717, 1.165) is 32.7 Å². The number of halogens is 2. The average molecular weight is 342 g/mol. The molecule has 2 rings (SSSR count). The number of pyridine rings is 1. The van der Waals surface area contributed by atoms with Crippen LogP contribution in [0.15, 0.2) is 28.9 Å². The molecule has 0 saturated carbocycles. The van der Waals surface area contributed by atoms with Gasteiger partial charge in [-0.25, -0.2) is 0 Å². The molecule has 5 heteroatoms. The lowest BCUT2D eigenvalue weighted by Crippen LogP contribution is -2.05. The van der Waals surface area contributed by atoms with E-state index in [1.165, 1.54) is 0 Å². The first-order valence-electron chi connectivity index (χ1n) is 5.77. The monoisotopic (exact) mass is 340 g/mol. The third-order valence-corrected chi connectivity index (χ3v) is 3.79. The van der Waals surface area contributed by atoms with E-state index in [-0.39, 0.29) is 0 Å². The predicted molar refractivity (Wildman–Crippen MR) is 81.6 cm³/mol. The molecule has 0 bridgehead atoms. The summed E-state index contributed by atoms with van der Waals surface area (Å²) < 4.78 is 6.55. The molecule has 1 heterocycles. The summed E-state index contributed by atoms with van der Waals surface area (Å²) in [7, 11) is 0. The number of hydrogen-bond donors (Lipinski definition) is 1. The molecule has 100 valence electrons. The molecule has 1 aromatic carbocycles. The number of nitrogens with two attached hydrogens (primary N) is 1. The summed E-state index contributed by atoms with van der Waals surface area (Å²) in [6, 6.07) is 5.39. The number of anilines is 1. The van der Waals surface area contributed by atoms with E-state index < -0.39 is 0 Å². The first-order chi connectivity index (χ1) is 8.99. The van der Waals surface area contributed by atoms with Crippen molar-refractivity contribution in [1.29, 1.82) is 0 Å². The molecule has 0 unspecified atom stereocenters. The van der Waals surface area contributed by atoms with Gasteiger partial charge in [0.1, 0.15) is 12.4 Å². The van der Waals surface area contributed by atoms with E-state index in [1.54, 1.807) is 18.3 Å². The summed E-state index contributed by atoms with van der Waals surface area (Å²) in [5.41, 5.74) is 9.53. The van der Waals surface area contributed by atoms with E-state index >= 15 is 0 Å². The number of aromatic nitrogens is 1. The molecule has 2 N–H and O–H groups in total. The van der Waals surface area contributed by atoms with E-state index in [9.17, 15) is 0 Å². The first-order valence-corrected chi connectivity index (χ1v) is 6.94. The molecule has 19 heavy (non-hydrogen) atoms. The summed E-state index contributed by atoms with van der Waals surface area (Å²) in [5.74, 6) is 0.727. The number of nitrogens with zero attached hydrogens (tertiary/aromatic N) is 1. The second-order valence-corrected chi connectivity index (χ2v) is 5.58.